The van der Waals surface area contributed by atoms with E-state index in [1.54, 1.807) is 12.4 Å². The molecule has 0 amide bonds. The Morgan fingerprint density at radius 3 is 1.58 bits per heavy atom. The van der Waals surface area contributed by atoms with Crippen molar-refractivity contribution in [3.05, 3.63) is 91.3 Å². The molecule has 0 saturated carbocycles. The fraction of sp³-hybridized carbons (Fsp3) is 0. The molecule has 0 unspecified atom stereocenters. The molecule has 124 valence electrons. The van der Waals surface area contributed by atoms with Crippen molar-refractivity contribution < 1.29 is 4.57 Å². The van der Waals surface area contributed by atoms with Gasteiger partial charge < -0.3 is 4.57 Å². The van der Waals surface area contributed by atoms with Crippen molar-refractivity contribution in [2.24, 2.45) is 0 Å². The topological polar surface area (TPSA) is 42.9 Å². The van der Waals surface area contributed by atoms with Gasteiger partial charge in [-0.1, -0.05) is 78.9 Å². The summed E-state index contributed by atoms with van der Waals surface area (Å²) >= 11 is 0. The van der Waals surface area contributed by atoms with E-state index in [4.69, 9.17) is 0 Å². The van der Waals surface area contributed by atoms with Crippen molar-refractivity contribution in [2.45, 2.75) is 0 Å². The van der Waals surface area contributed by atoms with Crippen LogP contribution in [0.4, 0.5) is 0 Å². The van der Waals surface area contributed by atoms with E-state index in [-0.39, 0.29) is 0 Å². The summed E-state index contributed by atoms with van der Waals surface area (Å²) in [7, 11) is -3.05. The Morgan fingerprint density at radius 1 is 0.577 bits per heavy atom. The average molecular weight is 354 g/mol. The highest BCUT2D eigenvalue weighted by Gasteiger charge is 2.38. The van der Waals surface area contributed by atoms with Gasteiger partial charge in [-0.25, -0.2) is 0 Å². The Bertz CT molecular complexity index is 1100. The molecule has 0 spiro atoms. The van der Waals surface area contributed by atoms with Crippen molar-refractivity contribution in [1.29, 1.82) is 0 Å². The summed E-state index contributed by atoms with van der Waals surface area (Å²) in [5.74, 6) is 0. The third kappa shape index (κ3) is 2.04. The van der Waals surface area contributed by atoms with E-state index in [9.17, 15) is 4.57 Å². The van der Waals surface area contributed by atoms with Crippen LogP contribution in [0.3, 0.4) is 0 Å². The molecule has 1 aliphatic heterocycles. The zero-order valence-electron chi connectivity index (χ0n) is 13.9. The first kappa shape index (κ1) is 15.2. The van der Waals surface area contributed by atoms with Crippen LogP contribution in [0.25, 0.3) is 22.5 Å². The van der Waals surface area contributed by atoms with Crippen LogP contribution in [0.15, 0.2) is 91.3 Å². The lowest BCUT2D eigenvalue weighted by Gasteiger charge is -2.21. The van der Waals surface area contributed by atoms with Gasteiger partial charge in [0.05, 0.1) is 11.4 Å². The molecule has 0 radical (unpaired) electrons. The Hall–Kier alpha value is -3.03. The Balaban J connectivity index is 2.01. The predicted molar refractivity (Wildman–Crippen MR) is 106 cm³/mol. The lowest BCUT2D eigenvalue weighted by atomic mass is 10.0. The molecule has 3 nitrogen and oxygen atoms in total. The molecule has 0 saturated heterocycles. The van der Waals surface area contributed by atoms with Crippen LogP contribution in [-0.2, 0) is 4.57 Å². The van der Waals surface area contributed by atoms with E-state index in [0.717, 1.165) is 38.4 Å². The second-order valence-corrected chi connectivity index (χ2v) is 8.93. The Kier molecular flexibility index (Phi) is 3.37. The van der Waals surface area contributed by atoms with E-state index in [1.165, 1.54) is 0 Å². The zero-order valence-corrected chi connectivity index (χ0v) is 14.8. The fourth-order valence-corrected chi connectivity index (χ4v) is 6.71. The van der Waals surface area contributed by atoms with Crippen LogP contribution in [0, 0.1) is 0 Å². The fourth-order valence-electron chi connectivity index (χ4n) is 3.68. The Morgan fingerprint density at radius 2 is 1.04 bits per heavy atom. The summed E-state index contributed by atoms with van der Waals surface area (Å²) in [6, 6.07) is 25.4. The van der Waals surface area contributed by atoms with Gasteiger partial charge >= 0.3 is 0 Å². The second kappa shape index (κ2) is 5.76. The number of hydrogen-bond acceptors (Lipinski definition) is 3. The third-order valence-corrected chi connectivity index (χ3v) is 7.98. The van der Waals surface area contributed by atoms with E-state index in [1.807, 2.05) is 78.9 Å². The maximum Gasteiger partial charge on any atom is 0.172 e. The number of aromatic nitrogens is 2. The van der Waals surface area contributed by atoms with Gasteiger partial charge in [0.15, 0.2) is 7.14 Å². The molecule has 0 bridgehead atoms. The van der Waals surface area contributed by atoms with Gasteiger partial charge in [-0.15, -0.1) is 0 Å². The molecule has 0 atom stereocenters. The summed E-state index contributed by atoms with van der Waals surface area (Å²) in [5, 5.41) is 2.46. The SMILES string of the molecule is O=P1(c2ccccc2)c2ccccc2-c2nccnc2-c2ccccc21. The summed E-state index contributed by atoms with van der Waals surface area (Å²) in [6.07, 6.45) is 3.38. The van der Waals surface area contributed by atoms with Gasteiger partial charge in [-0.3, -0.25) is 9.97 Å². The first-order chi connectivity index (χ1) is 12.8. The molecule has 5 rings (SSSR count). The zero-order chi connectivity index (χ0) is 17.6. The third-order valence-electron chi connectivity index (χ3n) is 4.81. The van der Waals surface area contributed by atoms with Crippen LogP contribution >= 0.6 is 7.14 Å². The molecule has 0 fully saturated rings. The maximum atomic E-state index is 14.7. The van der Waals surface area contributed by atoms with Crippen molar-refractivity contribution >= 4 is 23.1 Å². The van der Waals surface area contributed by atoms with Gasteiger partial charge in [0, 0.05) is 39.4 Å². The minimum Gasteiger partial charge on any atom is -0.309 e. The molecule has 4 heteroatoms. The summed E-state index contributed by atoms with van der Waals surface area (Å²) in [5.41, 5.74) is 3.34. The minimum absolute atomic E-state index is 0.782. The first-order valence-electron chi connectivity index (χ1n) is 8.47. The maximum absolute atomic E-state index is 14.7. The largest absolute Gasteiger partial charge is 0.309 e. The standard InChI is InChI=1S/C22H15N2OP/c25-26(16-8-2-1-3-9-16)19-12-6-4-10-17(19)21-22(24-15-14-23-21)18-11-5-7-13-20(18)26/h1-15H. The van der Waals surface area contributed by atoms with Crippen LogP contribution in [0.1, 0.15) is 0 Å². The molecule has 3 aromatic carbocycles. The van der Waals surface area contributed by atoms with E-state index >= 15 is 0 Å². The Labute approximate surface area is 151 Å². The van der Waals surface area contributed by atoms with Crippen LogP contribution < -0.4 is 15.9 Å². The van der Waals surface area contributed by atoms with E-state index in [2.05, 4.69) is 9.97 Å². The molecular formula is C22H15N2OP. The average Bonchev–Trinajstić information content (AvgIpc) is 2.82. The molecule has 0 aliphatic carbocycles. The lowest BCUT2D eigenvalue weighted by Crippen LogP contribution is -2.26. The van der Waals surface area contributed by atoms with Gasteiger partial charge in [0.1, 0.15) is 0 Å². The molecule has 4 aromatic rings. The summed E-state index contributed by atoms with van der Waals surface area (Å²) in [4.78, 5) is 9.19. The monoisotopic (exact) mass is 354 g/mol. The highest BCUT2D eigenvalue weighted by molar-refractivity contribution is 7.85. The van der Waals surface area contributed by atoms with Gasteiger partial charge in [0.2, 0.25) is 0 Å². The summed E-state index contributed by atoms with van der Waals surface area (Å²) in [6.45, 7) is 0. The van der Waals surface area contributed by atoms with Gasteiger partial charge in [-0.05, 0) is 0 Å². The number of benzene rings is 3. The normalized spacial score (nSPS) is 13.8. The summed E-state index contributed by atoms with van der Waals surface area (Å²) < 4.78 is 14.7. The van der Waals surface area contributed by atoms with Crippen molar-refractivity contribution in [3.63, 3.8) is 0 Å². The molecule has 1 aromatic heterocycles. The number of rotatable bonds is 1. The van der Waals surface area contributed by atoms with Crippen molar-refractivity contribution in [3.8, 4) is 22.5 Å². The molecule has 1 aliphatic rings. The molecule has 26 heavy (non-hydrogen) atoms. The van der Waals surface area contributed by atoms with Gasteiger partial charge in [-0.2, -0.15) is 0 Å². The first-order valence-corrected chi connectivity index (χ1v) is 10.2. The van der Waals surface area contributed by atoms with Crippen molar-refractivity contribution in [2.75, 3.05) is 0 Å². The van der Waals surface area contributed by atoms with Crippen LogP contribution in [0.2, 0.25) is 0 Å². The van der Waals surface area contributed by atoms with E-state index in [0.29, 0.717) is 0 Å². The van der Waals surface area contributed by atoms with Gasteiger partial charge in [0.25, 0.3) is 0 Å². The number of hydrogen-bond donors (Lipinski definition) is 0. The number of nitrogens with zero attached hydrogens (tertiary/aromatic N) is 2. The number of fused-ring (bicyclic) bond motifs is 5. The molecule has 0 N–H and O–H groups in total. The highest BCUT2D eigenvalue weighted by Crippen LogP contribution is 2.50. The van der Waals surface area contributed by atoms with Crippen LogP contribution in [-0.4, -0.2) is 9.97 Å². The van der Waals surface area contributed by atoms with Crippen LogP contribution in [0.5, 0.6) is 0 Å². The van der Waals surface area contributed by atoms with Crippen molar-refractivity contribution in [1.82, 2.24) is 9.97 Å². The highest BCUT2D eigenvalue weighted by atomic mass is 31.2. The molecule has 2 heterocycles. The smallest absolute Gasteiger partial charge is 0.172 e. The predicted octanol–water partition coefficient (Wildman–Crippen LogP) is 3.76. The second-order valence-electron chi connectivity index (χ2n) is 6.23. The minimum atomic E-state index is -3.05. The lowest BCUT2D eigenvalue weighted by molar-refractivity contribution is 0.592. The molecular weight excluding hydrogens is 339 g/mol. The van der Waals surface area contributed by atoms with E-state index < -0.39 is 7.14 Å². The quantitative estimate of drug-likeness (QED) is 0.431.